The van der Waals surface area contributed by atoms with Gasteiger partial charge in [-0.15, -0.1) is 0 Å². The third kappa shape index (κ3) is 4.65. The van der Waals surface area contributed by atoms with Gasteiger partial charge in [-0.2, -0.15) is 0 Å². The van der Waals surface area contributed by atoms with Crippen LogP contribution in [-0.2, 0) is 9.53 Å². The number of hydrogen-bond acceptors (Lipinski definition) is 5. The van der Waals surface area contributed by atoms with Crippen LogP contribution in [0.5, 0.6) is 0 Å². The fraction of sp³-hybridized carbons (Fsp3) is 0.684. The van der Waals surface area contributed by atoms with Crippen molar-refractivity contribution in [2.45, 2.75) is 38.8 Å². The fourth-order valence-corrected chi connectivity index (χ4v) is 3.74. The van der Waals surface area contributed by atoms with Crippen molar-refractivity contribution in [1.82, 2.24) is 15.1 Å². The summed E-state index contributed by atoms with van der Waals surface area (Å²) in [6.45, 7) is 8.98. The van der Waals surface area contributed by atoms with E-state index in [1.54, 1.807) is 17.0 Å². The van der Waals surface area contributed by atoms with E-state index in [0.717, 1.165) is 26.1 Å². The smallest absolute Gasteiger partial charge is 0.290 e. The number of ether oxygens (including phenoxy) is 1. The van der Waals surface area contributed by atoms with Crippen LogP contribution in [0.3, 0.4) is 0 Å². The maximum absolute atomic E-state index is 12.6. The van der Waals surface area contributed by atoms with E-state index in [0.29, 0.717) is 32.0 Å². The SMILES string of the molecule is CC(C)CN1CCOC(CNC(=O)C2CCCN2C(=O)c2ccco2)C1. The Hall–Kier alpha value is -1.86. The van der Waals surface area contributed by atoms with Crippen LogP contribution >= 0.6 is 0 Å². The second-order valence-corrected chi connectivity index (χ2v) is 7.53. The molecule has 1 aromatic rings. The standard InChI is InChI=1S/C19H29N3O4/c1-14(2)12-21-8-10-25-15(13-21)11-20-18(23)16-5-3-7-22(16)19(24)17-6-4-9-26-17/h4,6,9,14-16H,3,5,7-8,10-13H2,1-2H3,(H,20,23). The topological polar surface area (TPSA) is 75.0 Å². The van der Waals surface area contributed by atoms with Crippen LogP contribution < -0.4 is 5.32 Å². The zero-order valence-corrected chi connectivity index (χ0v) is 15.6. The molecular formula is C19H29N3O4. The highest BCUT2D eigenvalue weighted by atomic mass is 16.5. The predicted octanol–water partition coefficient (Wildman–Crippen LogP) is 1.36. The van der Waals surface area contributed by atoms with Crippen molar-refractivity contribution in [1.29, 1.82) is 0 Å². The van der Waals surface area contributed by atoms with Gasteiger partial charge in [0.25, 0.3) is 5.91 Å². The molecule has 26 heavy (non-hydrogen) atoms. The molecule has 2 aliphatic rings. The minimum absolute atomic E-state index is 0.00192. The second kappa shape index (κ2) is 8.68. The summed E-state index contributed by atoms with van der Waals surface area (Å²) >= 11 is 0. The first-order chi connectivity index (χ1) is 12.5. The van der Waals surface area contributed by atoms with Crippen molar-refractivity contribution in [3.63, 3.8) is 0 Å². The van der Waals surface area contributed by atoms with Crippen molar-refractivity contribution in [2.24, 2.45) is 5.92 Å². The molecule has 7 heteroatoms. The van der Waals surface area contributed by atoms with Gasteiger partial charge in [0.05, 0.1) is 19.0 Å². The van der Waals surface area contributed by atoms with Crippen LogP contribution in [0.15, 0.2) is 22.8 Å². The van der Waals surface area contributed by atoms with Crippen molar-refractivity contribution in [3.05, 3.63) is 24.2 Å². The van der Waals surface area contributed by atoms with Gasteiger partial charge >= 0.3 is 0 Å². The Morgan fingerprint density at radius 1 is 1.35 bits per heavy atom. The number of carbonyl (C=O) groups is 2. The van der Waals surface area contributed by atoms with Gasteiger partial charge < -0.3 is 19.4 Å². The molecule has 2 unspecified atom stereocenters. The van der Waals surface area contributed by atoms with Gasteiger partial charge in [0.1, 0.15) is 6.04 Å². The Balaban J connectivity index is 1.50. The summed E-state index contributed by atoms with van der Waals surface area (Å²) in [5.41, 5.74) is 0. The number of rotatable bonds is 6. The average molecular weight is 363 g/mol. The van der Waals surface area contributed by atoms with Crippen LogP contribution in [0.25, 0.3) is 0 Å². The fourth-order valence-electron chi connectivity index (χ4n) is 3.74. The number of morpholine rings is 1. The van der Waals surface area contributed by atoms with Gasteiger partial charge in [-0.3, -0.25) is 14.5 Å². The molecule has 0 aromatic carbocycles. The summed E-state index contributed by atoms with van der Waals surface area (Å²) in [5, 5.41) is 2.98. The number of hydrogen-bond donors (Lipinski definition) is 1. The Morgan fingerprint density at radius 2 is 2.19 bits per heavy atom. The maximum Gasteiger partial charge on any atom is 0.290 e. The average Bonchev–Trinajstić information content (AvgIpc) is 3.30. The number of nitrogens with zero attached hydrogens (tertiary/aromatic N) is 2. The van der Waals surface area contributed by atoms with E-state index in [2.05, 4.69) is 24.1 Å². The highest BCUT2D eigenvalue weighted by Gasteiger charge is 2.35. The first-order valence-corrected chi connectivity index (χ1v) is 9.50. The van der Waals surface area contributed by atoms with Crippen LogP contribution in [-0.4, -0.2) is 73.1 Å². The Morgan fingerprint density at radius 3 is 2.92 bits per heavy atom. The first-order valence-electron chi connectivity index (χ1n) is 9.50. The lowest BCUT2D eigenvalue weighted by molar-refractivity contribution is -0.126. The number of nitrogens with one attached hydrogen (secondary N) is 1. The number of likely N-dealkylation sites (tertiary alicyclic amines) is 1. The summed E-state index contributed by atoms with van der Waals surface area (Å²) in [5.74, 6) is 0.573. The highest BCUT2D eigenvalue weighted by molar-refractivity contribution is 5.95. The molecule has 0 spiro atoms. The van der Waals surface area contributed by atoms with Gasteiger partial charge in [0.2, 0.25) is 5.91 Å². The molecule has 3 heterocycles. The van der Waals surface area contributed by atoms with E-state index in [-0.39, 0.29) is 23.7 Å². The van der Waals surface area contributed by atoms with Crippen LogP contribution in [0.2, 0.25) is 0 Å². The van der Waals surface area contributed by atoms with Crippen molar-refractivity contribution < 1.29 is 18.7 Å². The van der Waals surface area contributed by atoms with Crippen LogP contribution in [0.1, 0.15) is 37.2 Å². The minimum atomic E-state index is -0.428. The molecule has 0 saturated carbocycles. The molecule has 2 saturated heterocycles. The van der Waals surface area contributed by atoms with E-state index < -0.39 is 6.04 Å². The zero-order chi connectivity index (χ0) is 18.5. The Bertz CT molecular complexity index is 602. The lowest BCUT2D eigenvalue weighted by atomic mass is 10.1. The predicted molar refractivity (Wildman–Crippen MR) is 96.8 cm³/mol. The maximum atomic E-state index is 12.6. The molecule has 1 aromatic heterocycles. The van der Waals surface area contributed by atoms with Crippen LogP contribution in [0.4, 0.5) is 0 Å². The van der Waals surface area contributed by atoms with Gasteiger partial charge in [0.15, 0.2) is 5.76 Å². The van der Waals surface area contributed by atoms with E-state index in [1.807, 2.05) is 0 Å². The minimum Gasteiger partial charge on any atom is -0.459 e. The quantitative estimate of drug-likeness (QED) is 0.826. The van der Waals surface area contributed by atoms with Gasteiger partial charge in [-0.25, -0.2) is 0 Å². The molecule has 1 N–H and O–H groups in total. The lowest BCUT2D eigenvalue weighted by Crippen LogP contribution is -2.51. The molecular weight excluding hydrogens is 334 g/mol. The number of amides is 2. The van der Waals surface area contributed by atoms with Crippen molar-refractivity contribution in [2.75, 3.05) is 39.3 Å². The monoisotopic (exact) mass is 363 g/mol. The molecule has 2 aliphatic heterocycles. The molecule has 144 valence electrons. The molecule has 2 fully saturated rings. The molecule has 7 nitrogen and oxygen atoms in total. The molecule has 3 rings (SSSR count). The molecule has 0 aliphatic carbocycles. The van der Waals surface area contributed by atoms with Crippen molar-refractivity contribution in [3.8, 4) is 0 Å². The summed E-state index contributed by atoms with van der Waals surface area (Å²) in [6.07, 6.45) is 2.99. The Labute approximate surface area is 154 Å². The van der Waals surface area contributed by atoms with Crippen LogP contribution in [0, 0.1) is 5.92 Å². The summed E-state index contributed by atoms with van der Waals surface area (Å²) in [6, 6.07) is 2.89. The number of carbonyl (C=O) groups excluding carboxylic acids is 2. The van der Waals surface area contributed by atoms with Gasteiger partial charge in [-0.05, 0) is 30.9 Å². The van der Waals surface area contributed by atoms with Crippen molar-refractivity contribution >= 4 is 11.8 Å². The Kier molecular flexibility index (Phi) is 6.32. The van der Waals surface area contributed by atoms with E-state index in [4.69, 9.17) is 9.15 Å². The second-order valence-electron chi connectivity index (χ2n) is 7.53. The number of furan rings is 1. The lowest BCUT2D eigenvalue weighted by Gasteiger charge is -2.34. The zero-order valence-electron chi connectivity index (χ0n) is 15.6. The summed E-state index contributed by atoms with van der Waals surface area (Å²) in [7, 11) is 0. The normalized spacial score (nSPS) is 24.2. The van der Waals surface area contributed by atoms with E-state index in [9.17, 15) is 9.59 Å². The largest absolute Gasteiger partial charge is 0.459 e. The third-order valence-corrected chi connectivity index (χ3v) is 4.90. The van der Waals surface area contributed by atoms with Gasteiger partial charge in [0, 0.05) is 32.7 Å². The third-order valence-electron chi connectivity index (χ3n) is 4.90. The van der Waals surface area contributed by atoms with E-state index in [1.165, 1.54) is 6.26 Å². The summed E-state index contributed by atoms with van der Waals surface area (Å²) < 4.78 is 11.0. The molecule has 2 atom stereocenters. The first kappa shape index (κ1) is 18.9. The highest BCUT2D eigenvalue weighted by Crippen LogP contribution is 2.20. The molecule has 0 radical (unpaired) electrons. The summed E-state index contributed by atoms with van der Waals surface area (Å²) in [4.78, 5) is 29.1. The molecule has 0 bridgehead atoms. The molecule has 2 amide bonds. The van der Waals surface area contributed by atoms with Gasteiger partial charge in [-0.1, -0.05) is 13.8 Å². The van der Waals surface area contributed by atoms with E-state index >= 15 is 0 Å².